The van der Waals surface area contributed by atoms with E-state index in [0.717, 1.165) is 5.56 Å². The number of amides is 1. The summed E-state index contributed by atoms with van der Waals surface area (Å²) in [5, 5.41) is 12.2. The second-order valence-corrected chi connectivity index (χ2v) is 6.07. The van der Waals surface area contributed by atoms with Gasteiger partial charge < -0.3 is 10.4 Å². The molecule has 1 amide bonds. The van der Waals surface area contributed by atoms with Crippen molar-refractivity contribution in [3.63, 3.8) is 0 Å². The monoisotopic (exact) mass is 263 g/mol. The van der Waals surface area contributed by atoms with Gasteiger partial charge in [0, 0.05) is 12.6 Å². The maximum absolute atomic E-state index is 12.3. The van der Waals surface area contributed by atoms with Crippen LogP contribution in [0.15, 0.2) is 30.3 Å². The molecule has 0 fully saturated rings. The maximum atomic E-state index is 12.3. The minimum absolute atomic E-state index is 0.0135. The van der Waals surface area contributed by atoms with Gasteiger partial charge in [0.1, 0.15) is 0 Å². The van der Waals surface area contributed by atoms with Gasteiger partial charge >= 0.3 is 0 Å². The molecule has 3 nitrogen and oxygen atoms in total. The summed E-state index contributed by atoms with van der Waals surface area (Å²) in [4.78, 5) is 12.3. The van der Waals surface area contributed by atoms with Crippen molar-refractivity contribution in [3.05, 3.63) is 35.9 Å². The molecule has 19 heavy (non-hydrogen) atoms. The molecule has 1 rings (SSSR count). The summed E-state index contributed by atoms with van der Waals surface area (Å²) in [6.07, 6.45) is 0.580. The predicted octanol–water partition coefficient (Wildman–Crippen LogP) is 2.70. The van der Waals surface area contributed by atoms with Gasteiger partial charge in [0.05, 0.1) is 5.92 Å². The number of rotatable bonds is 5. The molecule has 3 heteroatoms. The summed E-state index contributed by atoms with van der Waals surface area (Å²) < 4.78 is 0. The van der Waals surface area contributed by atoms with E-state index in [4.69, 9.17) is 5.11 Å². The van der Waals surface area contributed by atoms with Crippen LogP contribution in [-0.2, 0) is 4.79 Å². The van der Waals surface area contributed by atoms with E-state index >= 15 is 0 Å². The Morgan fingerprint density at radius 2 is 1.84 bits per heavy atom. The Morgan fingerprint density at radius 1 is 1.26 bits per heavy atom. The highest BCUT2D eigenvalue weighted by molar-refractivity contribution is 5.83. The van der Waals surface area contributed by atoms with Crippen molar-refractivity contribution in [1.82, 2.24) is 5.32 Å². The molecule has 2 unspecified atom stereocenters. The van der Waals surface area contributed by atoms with E-state index in [-0.39, 0.29) is 29.9 Å². The number of hydrogen-bond donors (Lipinski definition) is 2. The van der Waals surface area contributed by atoms with Crippen LogP contribution in [0.2, 0.25) is 0 Å². The van der Waals surface area contributed by atoms with Crippen molar-refractivity contribution < 1.29 is 9.90 Å². The summed E-state index contributed by atoms with van der Waals surface area (Å²) in [5.41, 5.74) is 0.950. The van der Waals surface area contributed by atoms with Crippen LogP contribution in [-0.4, -0.2) is 23.7 Å². The molecule has 0 saturated heterocycles. The number of hydrogen-bond acceptors (Lipinski definition) is 2. The van der Waals surface area contributed by atoms with Crippen molar-refractivity contribution >= 4 is 5.91 Å². The molecule has 2 atom stereocenters. The molecule has 1 aromatic carbocycles. The van der Waals surface area contributed by atoms with Gasteiger partial charge in [-0.25, -0.2) is 0 Å². The van der Waals surface area contributed by atoms with Gasteiger partial charge in [0.2, 0.25) is 5.91 Å². The molecular weight excluding hydrogens is 238 g/mol. The fourth-order valence-electron chi connectivity index (χ4n) is 2.04. The SMILES string of the molecule is CC(C(=O)NC(CCO)C(C)(C)C)c1ccccc1. The Balaban J connectivity index is 2.72. The first-order chi connectivity index (χ1) is 8.86. The Bertz CT molecular complexity index is 395. The molecule has 106 valence electrons. The van der Waals surface area contributed by atoms with Crippen LogP contribution in [0.3, 0.4) is 0 Å². The molecule has 0 aromatic heterocycles. The van der Waals surface area contributed by atoms with Crippen molar-refractivity contribution in [2.75, 3.05) is 6.61 Å². The van der Waals surface area contributed by atoms with Gasteiger partial charge in [-0.15, -0.1) is 0 Å². The summed E-state index contributed by atoms with van der Waals surface area (Å²) >= 11 is 0. The van der Waals surface area contributed by atoms with Crippen LogP contribution in [0.5, 0.6) is 0 Å². The smallest absolute Gasteiger partial charge is 0.227 e. The third kappa shape index (κ3) is 4.67. The minimum Gasteiger partial charge on any atom is -0.396 e. The van der Waals surface area contributed by atoms with Crippen LogP contribution in [0, 0.1) is 5.41 Å². The van der Waals surface area contributed by atoms with Crippen LogP contribution < -0.4 is 5.32 Å². The molecule has 0 aliphatic rings. The van der Waals surface area contributed by atoms with E-state index in [0.29, 0.717) is 6.42 Å². The number of aliphatic hydroxyl groups is 1. The Kier molecular flexibility index (Phi) is 5.55. The summed E-state index contributed by atoms with van der Waals surface area (Å²) in [6, 6.07) is 9.72. The molecular formula is C16H25NO2. The fourth-order valence-corrected chi connectivity index (χ4v) is 2.04. The molecule has 0 aliphatic carbocycles. The summed E-state index contributed by atoms with van der Waals surface area (Å²) in [7, 11) is 0. The topological polar surface area (TPSA) is 49.3 Å². The third-order valence-corrected chi connectivity index (χ3v) is 3.47. The maximum Gasteiger partial charge on any atom is 0.227 e. The lowest BCUT2D eigenvalue weighted by molar-refractivity contribution is -0.123. The van der Waals surface area contributed by atoms with E-state index in [1.807, 2.05) is 37.3 Å². The summed E-state index contributed by atoms with van der Waals surface area (Å²) in [6.45, 7) is 8.20. The van der Waals surface area contributed by atoms with Gasteiger partial charge in [0.15, 0.2) is 0 Å². The molecule has 0 heterocycles. The molecule has 1 aromatic rings. The lowest BCUT2D eigenvalue weighted by Gasteiger charge is -2.32. The average molecular weight is 263 g/mol. The Labute approximate surface area is 116 Å². The van der Waals surface area contributed by atoms with Gasteiger partial charge in [-0.3, -0.25) is 4.79 Å². The van der Waals surface area contributed by atoms with Crippen molar-refractivity contribution in [2.24, 2.45) is 5.41 Å². The quantitative estimate of drug-likeness (QED) is 0.858. The summed E-state index contributed by atoms with van der Waals surface area (Å²) in [5.74, 6) is -0.163. The van der Waals surface area contributed by atoms with Crippen LogP contribution in [0.4, 0.5) is 0 Å². The van der Waals surface area contributed by atoms with E-state index in [1.54, 1.807) is 0 Å². The highest BCUT2D eigenvalue weighted by Gasteiger charge is 2.27. The van der Waals surface area contributed by atoms with Crippen LogP contribution in [0.25, 0.3) is 0 Å². The highest BCUT2D eigenvalue weighted by atomic mass is 16.3. The first-order valence-corrected chi connectivity index (χ1v) is 6.82. The van der Waals surface area contributed by atoms with E-state index in [2.05, 4.69) is 26.1 Å². The van der Waals surface area contributed by atoms with E-state index < -0.39 is 0 Å². The number of carbonyl (C=O) groups excluding carboxylic acids is 1. The first kappa shape index (κ1) is 15.7. The highest BCUT2D eigenvalue weighted by Crippen LogP contribution is 2.23. The minimum atomic E-state index is -0.176. The molecule has 0 spiro atoms. The van der Waals surface area contributed by atoms with Gasteiger partial charge in [0.25, 0.3) is 0 Å². The van der Waals surface area contributed by atoms with Crippen molar-refractivity contribution in [1.29, 1.82) is 0 Å². The first-order valence-electron chi connectivity index (χ1n) is 6.82. The lowest BCUT2D eigenvalue weighted by Crippen LogP contribution is -2.45. The standard InChI is InChI=1S/C16H25NO2/c1-12(13-8-6-5-7-9-13)15(19)17-14(10-11-18)16(2,3)4/h5-9,12,14,18H,10-11H2,1-4H3,(H,17,19). The third-order valence-electron chi connectivity index (χ3n) is 3.47. The molecule has 0 saturated carbocycles. The molecule has 0 bridgehead atoms. The molecule has 0 aliphatic heterocycles. The second kappa shape index (κ2) is 6.71. The lowest BCUT2D eigenvalue weighted by atomic mass is 9.84. The van der Waals surface area contributed by atoms with E-state index in [1.165, 1.54) is 0 Å². The normalized spacial score (nSPS) is 14.8. The van der Waals surface area contributed by atoms with Crippen molar-refractivity contribution in [2.45, 2.75) is 46.1 Å². The molecule has 2 N–H and O–H groups in total. The van der Waals surface area contributed by atoms with Gasteiger partial charge in [-0.05, 0) is 24.3 Å². The Morgan fingerprint density at radius 3 is 2.32 bits per heavy atom. The zero-order chi connectivity index (χ0) is 14.5. The number of benzene rings is 1. The second-order valence-electron chi connectivity index (χ2n) is 6.07. The predicted molar refractivity (Wildman–Crippen MR) is 77.9 cm³/mol. The number of nitrogens with one attached hydrogen (secondary N) is 1. The van der Waals surface area contributed by atoms with Crippen molar-refractivity contribution in [3.8, 4) is 0 Å². The van der Waals surface area contributed by atoms with Gasteiger partial charge in [-0.1, -0.05) is 51.1 Å². The molecule has 0 radical (unpaired) electrons. The van der Waals surface area contributed by atoms with Crippen LogP contribution in [0.1, 0.15) is 45.6 Å². The average Bonchev–Trinajstić information content (AvgIpc) is 2.37. The number of carbonyl (C=O) groups is 1. The van der Waals surface area contributed by atoms with E-state index in [9.17, 15) is 4.79 Å². The van der Waals surface area contributed by atoms with Crippen LogP contribution >= 0.6 is 0 Å². The largest absolute Gasteiger partial charge is 0.396 e. The van der Waals surface area contributed by atoms with Gasteiger partial charge in [-0.2, -0.15) is 0 Å². The number of aliphatic hydroxyl groups excluding tert-OH is 1. The zero-order valence-corrected chi connectivity index (χ0v) is 12.3. The fraction of sp³-hybridized carbons (Fsp3) is 0.562. The Hall–Kier alpha value is -1.35. The zero-order valence-electron chi connectivity index (χ0n) is 12.3.